The van der Waals surface area contributed by atoms with Crippen molar-refractivity contribution in [1.29, 1.82) is 0 Å². The first-order chi connectivity index (χ1) is 7.22. The minimum absolute atomic E-state index is 0.0879. The summed E-state index contributed by atoms with van der Waals surface area (Å²) in [6, 6.07) is 2.14. The van der Waals surface area contributed by atoms with Crippen LogP contribution in [-0.2, 0) is 16.0 Å². The number of hydrogen-bond acceptors (Lipinski definition) is 3. The normalized spacial score (nSPS) is 12.4. The third kappa shape index (κ3) is 4.95. The summed E-state index contributed by atoms with van der Waals surface area (Å²) in [5.74, 6) is 0.0887. The average molecular weight is 227 g/mol. The molecule has 0 unspecified atom stereocenters. The van der Waals surface area contributed by atoms with E-state index in [2.05, 4.69) is 16.8 Å². The predicted molar refractivity (Wildman–Crippen MR) is 62.1 cm³/mol. The maximum atomic E-state index is 11.5. The van der Waals surface area contributed by atoms with Gasteiger partial charge in [-0.2, -0.15) is 11.3 Å². The zero-order valence-electron chi connectivity index (χ0n) is 9.16. The Balaban J connectivity index is 2.19. The van der Waals surface area contributed by atoms with Crippen molar-refractivity contribution in [2.75, 3.05) is 13.7 Å². The van der Waals surface area contributed by atoms with Crippen LogP contribution in [0.1, 0.15) is 18.9 Å². The molecule has 0 aliphatic rings. The molecule has 1 atom stereocenters. The number of hydrogen-bond donors (Lipinski definition) is 1. The number of methoxy groups -OCH3 is 1. The van der Waals surface area contributed by atoms with E-state index < -0.39 is 0 Å². The van der Waals surface area contributed by atoms with Crippen molar-refractivity contribution in [3.05, 3.63) is 22.4 Å². The monoisotopic (exact) mass is 227 g/mol. The Morgan fingerprint density at radius 1 is 1.67 bits per heavy atom. The Bertz CT molecular complexity index is 285. The molecule has 0 radical (unpaired) electrons. The highest BCUT2D eigenvalue weighted by atomic mass is 32.1. The molecular weight excluding hydrogens is 210 g/mol. The fraction of sp³-hybridized carbons (Fsp3) is 0.545. The summed E-state index contributed by atoms with van der Waals surface area (Å²) in [5.41, 5.74) is 1.23. The second-order valence-corrected chi connectivity index (χ2v) is 4.34. The molecule has 4 heteroatoms. The third-order valence-corrected chi connectivity index (χ3v) is 2.78. The number of thiophene rings is 1. The van der Waals surface area contributed by atoms with Crippen LogP contribution in [0, 0.1) is 0 Å². The lowest BCUT2D eigenvalue weighted by molar-refractivity contribution is -0.122. The molecule has 1 amide bonds. The summed E-state index contributed by atoms with van der Waals surface area (Å²) >= 11 is 1.66. The number of aryl methyl sites for hydroxylation is 1. The van der Waals surface area contributed by atoms with E-state index in [1.54, 1.807) is 18.4 Å². The van der Waals surface area contributed by atoms with Crippen LogP contribution in [0.15, 0.2) is 16.8 Å². The standard InChI is InChI=1S/C11H17NO2S/c1-9(7-14-2)12-11(13)4-3-10-5-6-15-8-10/h5-6,8-9H,3-4,7H2,1-2H3,(H,12,13)/t9-/m0/s1. The molecule has 0 saturated carbocycles. The van der Waals surface area contributed by atoms with Gasteiger partial charge in [0.1, 0.15) is 0 Å². The largest absolute Gasteiger partial charge is 0.383 e. The molecule has 84 valence electrons. The van der Waals surface area contributed by atoms with Crippen LogP contribution < -0.4 is 5.32 Å². The van der Waals surface area contributed by atoms with E-state index in [9.17, 15) is 4.79 Å². The summed E-state index contributed by atoms with van der Waals surface area (Å²) in [4.78, 5) is 11.5. The summed E-state index contributed by atoms with van der Waals surface area (Å²) in [6.07, 6.45) is 1.36. The second-order valence-electron chi connectivity index (χ2n) is 3.56. The van der Waals surface area contributed by atoms with Gasteiger partial charge in [-0.3, -0.25) is 4.79 Å². The van der Waals surface area contributed by atoms with Gasteiger partial charge in [0.15, 0.2) is 0 Å². The molecule has 0 spiro atoms. The van der Waals surface area contributed by atoms with Crippen molar-refractivity contribution >= 4 is 17.2 Å². The van der Waals surface area contributed by atoms with Crippen molar-refractivity contribution < 1.29 is 9.53 Å². The molecular formula is C11H17NO2S. The Kier molecular flexibility index (Phi) is 5.36. The van der Waals surface area contributed by atoms with Gasteiger partial charge in [0.25, 0.3) is 0 Å². The molecule has 3 nitrogen and oxygen atoms in total. The Labute approximate surface area is 94.5 Å². The van der Waals surface area contributed by atoms with Gasteiger partial charge in [-0.15, -0.1) is 0 Å². The van der Waals surface area contributed by atoms with E-state index in [0.717, 1.165) is 6.42 Å². The molecule has 1 N–H and O–H groups in total. The number of rotatable bonds is 6. The molecule has 0 aliphatic heterocycles. The lowest BCUT2D eigenvalue weighted by Crippen LogP contribution is -2.35. The number of amides is 1. The molecule has 0 aromatic carbocycles. The highest BCUT2D eigenvalue weighted by Gasteiger charge is 2.06. The molecule has 0 bridgehead atoms. The minimum Gasteiger partial charge on any atom is -0.383 e. The van der Waals surface area contributed by atoms with Crippen LogP contribution in [0.4, 0.5) is 0 Å². The Hall–Kier alpha value is -0.870. The topological polar surface area (TPSA) is 38.3 Å². The number of carbonyl (C=O) groups excluding carboxylic acids is 1. The number of ether oxygens (including phenoxy) is 1. The van der Waals surface area contributed by atoms with Crippen LogP contribution in [0.2, 0.25) is 0 Å². The molecule has 1 heterocycles. The van der Waals surface area contributed by atoms with Crippen LogP contribution in [0.3, 0.4) is 0 Å². The molecule has 1 rings (SSSR count). The highest BCUT2D eigenvalue weighted by Crippen LogP contribution is 2.08. The van der Waals surface area contributed by atoms with E-state index in [1.807, 2.05) is 12.3 Å². The maximum Gasteiger partial charge on any atom is 0.220 e. The summed E-state index contributed by atoms with van der Waals surface area (Å²) in [6.45, 7) is 2.50. The zero-order valence-corrected chi connectivity index (χ0v) is 9.97. The molecule has 15 heavy (non-hydrogen) atoms. The van der Waals surface area contributed by atoms with E-state index >= 15 is 0 Å². The first-order valence-corrected chi connectivity index (χ1v) is 5.96. The van der Waals surface area contributed by atoms with Crippen molar-refractivity contribution in [3.8, 4) is 0 Å². The summed E-state index contributed by atoms with van der Waals surface area (Å²) < 4.78 is 4.94. The van der Waals surface area contributed by atoms with Gasteiger partial charge in [0, 0.05) is 19.6 Å². The van der Waals surface area contributed by atoms with Gasteiger partial charge in [-0.25, -0.2) is 0 Å². The summed E-state index contributed by atoms with van der Waals surface area (Å²) in [5, 5.41) is 6.99. The van der Waals surface area contributed by atoms with Gasteiger partial charge in [0.2, 0.25) is 5.91 Å². The van der Waals surface area contributed by atoms with Crippen molar-refractivity contribution in [3.63, 3.8) is 0 Å². The predicted octanol–water partition coefficient (Wildman–Crippen LogP) is 1.83. The first kappa shape index (κ1) is 12.2. The van der Waals surface area contributed by atoms with Gasteiger partial charge in [-0.1, -0.05) is 0 Å². The van der Waals surface area contributed by atoms with E-state index in [1.165, 1.54) is 5.56 Å². The first-order valence-electron chi connectivity index (χ1n) is 5.01. The highest BCUT2D eigenvalue weighted by molar-refractivity contribution is 7.07. The van der Waals surface area contributed by atoms with E-state index in [-0.39, 0.29) is 11.9 Å². The van der Waals surface area contributed by atoms with Crippen LogP contribution in [0.25, 0.3) is 0 Å². The van der Waals surface area contributed by atoms with Crippen molar-refractivity contribution in [2.45, 2.75) is 25.8 Å². The third-order valence-electron chi connectivity index (χ3n) is 2.04. The van der Waals surface area contributed by atoms with Crippen molar-refractivity contribution in [2.24, 2.45) is 0 Å². The van der Waals surface area contributed by atoms with Crippen LogP contribution in [0.5, 0.6) is 0 Å². The molecule has 0 aliphatic carbocycles. The van der Waals surface area contributed by atoms with E-state index in [0.29, 0.717) is 13.0 Å². The summed E-state index contributed by atoms with van der Waals surface area (Å²) in [7, 11) is 1.63. The maximum absolute atomic E-state index is 11.5. The minimum atomic E-state index is 0.0879. The van der Waals surface area contributed by atoms with Gasteiger partial charge < -0.3 is 10.1 Å². The average Bonchev–Trinajstić information content (AvgIpc) is 2.67. The SMILES string of the molecule is COC[C@H](C)NC(=O)CCc1ccsc1. The number of nitrogens with one attached hydrogen (secondary N) is 1. The lowest BCUT2D eigenvalue weighted by atomic mass is 10.2. The Morgan fingerprint density at radius 2 is 2.47 bits per heavy atom. The Morgan fingerprint density at radius 3 is 3.07 bits per heavy atom. The second kappa shape index (κ2) is 6.58. The van der Waals surface area contributed by atoms with Gasteiger partial charge in [-0.05, 0) is 35.7 Å². The zero-order chi connectivity index (χ0) is 11.1. The molecule has 0 fully saturated rings. The van der Waals surface area contributed by atoms with Crippen LogP contribution in [-0.4, -0.2) is 25.7 Å². The van der Waals surface area contributed by atoms with E-state index in [4.69, 9.17) is 4.74 Å². The number of carbonyl (C=O) groups is 1. The lowest BCUT2D eigenvalue weighted by Gasteiger charge is -2.12. The fourth-order valence-corrected chi connectivity index (χ4v) is 2.03. The molecule has 1 aromatic heterocycles. The molecule has 1 aromatic rings. The van der Waals surface area contributed by atoms with Crippen LogP contribution >= 0.6 is 11.3 Å². The molecule has 0 saturated heterocycles. The van der Waals surface area contributed by atoms with Gasteiger partial charge >= 0.3 is 0 Å². The van der Waals surface area contributed by atoms with Gasteiger partial charge in [0.05, 0.1) is 6.61 Å². The quantitative estimate of drug-likeness (QED) is 0.805. The smallest absolute Gasteiger partial charge is 0.220 e. The van der Waals surface area contributed by atoms with Crippen molar-refractivity contribution in [1.82, 2.24) is 5.32 Å². The fourth-order valence-electron chi connectivity index (χ4n) is 1.33.